The molecule has 0 saturated heterocycles. The highest BCUT2D eigenvalue weighted by Gasteiger charge is 2.41. The van der Waals surface area contributed by atoms with Crippen molar-refractivity contribution in [3.05, 3.63) is 54.1 Å². The van der Waals surface area contributed by atoms with Gasteiger partial charge in [-0.05, 0) is 55.2 Å². The summed E-state index contributed by atoms with van der Waals surface area (Å²) in [5.74, 6) is -1.54. The smallest absolute Gasteiger partial charge is 0.128 e. The van der Waals surface area contributed by atoms with E-state index in [0.717, 1.165) is 18.2 Å². The molecule has 3 N–H and O–H groups in total. The van der Waals surface area contributed by atoms with E-state index in [1.807, 2.05) is 7.05 Å². The van der Waals surface area contributed by atoms with Gasteiger partial charge >= 0.3 is 0 Å². The standard InChI is InChI=1S/C16H19F2N3O2S/c1-19-7-4-8-20-15-5-2-3-6-16(15)21(24(20,22)23)14-10-12(17)9-13(18)11-14/h2-3,5-6,9-11,19,22-23H,4,7-8H2,1H3. The van der Waals surface area contributed by atoms with E-state index in [0.29, 0.717) is 30.9 Å². The van der Waals surface area contributed by atoms with Crippen molar-refractivity contribution in [2.75, 3.05) is 28.7 Å². The summed E-state index contributed by atoms with van der Waals surface area (Å²) in [5.41, 5.74) is 1.20. The van der Waals surface area contributed by atoms with E-state index >= 15 is 0 Å². The first-order valence-electron chi connectivity index (χ1n) is 7.51. The minimum absolute atomic E-state index is 0.0658. The van der Waals surface area contributed by atoms with Crippen molar-refractivity contribution in [2.45, 2.75) is 6.42 Å². The first kappa shape index (κ1) is 17.0. The maximum atomic E-state index is 13.6. The van der Waals surface area contributed by atoms with Crippen LogP contribution in [0.1, 0.15) is 6.42 Å². The van der Waals surface area contributed by atoms with Gasteiger partial charge in [-0.1, -0.05) is 12.1 Å². The molecule has 8 heteroatoms. The summed E-state index contributed by atoms with van der Waals surface area (Å²) < 4.78 is 51.5. The van der Waals surface area contributed by atoms with Gasteiger partial charge in [0, 0.05) is 12.6 Å². The van der Waals surface area contributed by atoms with Gasteiger partial charge in [0.05, 0.1) is 17.1 Å². The molecule has 0 atom stereocenters. The zero-order chi connectivity index (χ0) is 17.3. The van der Waals surface area contributed by atoms with Crippen molar-refractivity contribution in [1.29, 1.82) is 0 Å². The molecule has 5 nitrogen and oxygen atoms in total. The molecule has 2 aromatic carbocycles. The highest BCUT2D eigenvalue weighted by atomic mass is 32.3. The van der Waals surface area contributed by atoms with E-state index in [9.17, 15) is 17.9 Å². The Morgan fingerprint density at radius 1 is 1.04 bits per heavy atom. The second-order valence-electron chi connectivity index (χ2n) is 5.46. The van der Waals surface area contributed by atoms with Crippen LogP contribution in [0.5, 0.6) is 0 Å². The molecule has 3 rings (SSSR count). The molecule has 0 fully saturated rings. The van der Waals surface area contributed by atoms with Gasteiger partial charge in [-0.25, -0.2) is 13.1 Å². The van der Waals surface area contributed by atoms with Crippen molar-refractivity contribution in [2.24, 2.45) is 0 Å². The van der Waals surface area contributed by atoms with Crippen molar-refractivity contribution in [1.82, 2.24) is 5.32 Å². The van der Waals surface area contributed by atoms with E-state index in [-0.39, 0.29) is 5.69 Å². The number of hydrogen-bond acceptors (Lipinski definition) is 5. The summed E-state index contributed by atoms with van der Waals surface area (Å²) in [6.07, 6.45) is 0.687. The number of nitrogens with zero attached hydrogens (tertiary/aromatic N) is 2. The van der Waals surface area contributed by atoms with Crippen LogP contribution in [0.3, 0.4) is 0 Å². The molecule has 24 heavy (non-hydrogen) atoms. The monoisotopic (exact) mass is 355 g/mol. The Morgan fingerprint density at radius 2 is 1.67 bits per heavy atom. The van der Waals surface area contributed by atoms with Gasteiger partial charge in [0.2, 0.25) is 0 Å². The number of anilines is 3. The maximum Gasteiger partial charge on any atom is 0.128 e. The number of nitrogens with one attached hydrogen (secondary N) is 1. The maximum absolute atomic E-state index is 13.6. The van der Waals surface area contributed by atoms with Crippen molar-refractivity contribution in [3.8, 4) is 0 Å². The normalized spacial score (nSPS) is 17.0. The molecular formula is C16H19F2N3O2S. The molecule has 0 aromatic heterocycles. The predicted molar refractivity (Wildman–Crippen MR) is 93.7 cm³/mol. The predicted octanol–water partition coefficient (Wildman–Crippen LogP) is 4.11. The second kappa shape index (κ2) is 6.56. The lowest BCUT2D eigenvalue weighted by atomic mass is 10.2. The Labute approximate surface area is 141 Å². The summed E-state index contributed by atoms with van der Waals surface area (Å²) in [7, 11) is -1.63. The van der Waals surface area contributed by atoms with Crippen LogP contribution in [0.25, 0.3) is 0 Å². The highest BCUT2D eigenvalue weighted by molar-refractivity contribution is 8.27. The summed E-state index contributed by atoms with van der Waals surface area (Å²) in [6.45, 7) is 1.11. The Bertz CT molecular complexity index is 725. The zero-order valence-corrected chi connectivity index (χ0v) is 13.9. The van der Waals surface area contributed by atoms with Gasteiger partial charge in [-0.2, -0.15) is 0 Å². The van der Waals surface area contributed by atoms with Crippen LogP contribution in [0.2, 0.25) is 0 Å². The van der Waals surface area contributed by atoms with E-state index in [1.54, 1.807) is 24.3 Å². The number of hydrogen-bond donors (Lipinski definition) is 3. The van der Waals surface area contributed by atoms with Crippen LogP contribution >= 0.6 is 11.0 Å². The van der Waals surface area contributed by atoms with Gasteiger partial charge in [-0.3, -0.25) is 13.4 Å². The van der Waals surface area contributed by atoms with Crippen molar-refractivity contribution in [3.63, 3.8) is 0 Å². The first-order valence-corrected chi connectivity index (χ1v) is 8.97. The molecule has 0 aliphatic carbocycles. The van der Waals surface area contributed by atoms with Crippen LogP contribution < -0.4 is 13.9 Å². The Morgan fingerprint density at radius 3 is 2.29 bits per heavy atom. The molecule has 1 aliphatic rings. The van der Waals surface area contributed by atoms with E-state index in [1.165, 1.54) is 8.61 Å². The van der Waals surface area contributed by atoms with Gasteiger partial charge in [0.25, 0.3) is 0 Å². The van der Waals surface area contributed by atoms with Crippen LogP contribution in [0, 0.1) is 11.6 Å². The van der Waals surface area contributed by atoms with Crippen molar-refractivity contribution >= 4 is 28.0 Å². The molecule has 0 saturated carbocycles. The van der Waals surface area contributed by atoms with Crippen molar-refractivity contribution < 1.29 is 17.9 Å². The Balaban J connectivity index is 2.06. The Hall–Kier alpha value is -1.87. The van der Waals surface area contributed by atoms with Gasteiger partial charge in [0.15, 0.2) is 0 Å². The number of rotatable bonds is 5. The Kier molecular flexibility index (Phi) is 4.64. The minimum Gasteiger partial charge on any atom is -0.320 e. The molecule has 0 unspecified atom stereocenters. The summed E-state index contributed by atoms with van der Waals surface area (Å²) in [5, 5.41) is 3.01. The molecular weight excluding hydrogens is 336 g/mol. The van der Waals surface area contributed by atoms with Crippen LogP contribution in [-0.2, 0) is 0 Å². The summed E-state index contributed by atoms with van der Waals surface area (Å²) in [6, 6.07) is 9.92. The minimum atomic E-state index is -3.45. The fourth-order valence-electron chi connectivity index (χ4n) is 2.79. The lowest BCUT2D eigenvalue weighted by Gasteiger charge is -2.43. The fraction of sp³-hybridized carbons (Fsp3) is 0.250. The van der Waals surface area contributed by atoms with Crippen LogP contribution in [0.4, 0.5) is 25.8 Å². The molecule has 1 aliphatic heterocycles. The molecule has 0 spiro atoms. The number of para-hydroxylation sites is 2. The average Bonchev–Trinajstić information content (AvgIpc) is 2.73. The topological polar surface area (TPSA) is 59.0 Å². The highest BCUT2D eigenvalue weighted by Crippen LogP contribution is 2.64. The third-order valence-electron chi connectivity index (χ3n) is 3.78. The molecule has 130 valence electrons. The summed E-state index contributed by atoms with van der Waals surface area (Å²) >= 11 is 0. The third-order valence-corrected chi connectivity index (χ3v) is 5.65. The van der Waals surface area contributed by atoms with Crippen LogP contribution in [0.15, 0.2) is 42.5 Å². The largest absolute Gasteiger partial charge is 0.320 e. The lowest BCUT2D eigenvalue weighted by molar-refractivity contribution is 0.483. The second-order valence-corrected chi connectivity index (χ2v) is 7.25. The van der Waals surface area contributed by atoms with E-state index < -0.39 is 22.6 Å². The molecule has 2 aromatic rings. The van der Waals surface area contributed by atoms with Gasteiger partial charge < -0.3 is 5.32 Å². The average molecular weight is 355 g/mol. The molecule has 0 bridgehead atoms. The van der Waals surface area contributed by atoms with Gasteiger partial charge in [-0.15, -0.1) is 0 Å². The molecule has 0 radical (unpaired) electrons. The number of fused-ring (bicyclic) bond motifs is 1. The SMILES string of the molecule is CNCCCN1c2ccccc2N(c2cc(F)cc(F)c2)S1(O)O. The number of halogens is 2. The van der Waals surface area contributed by atoms with Gasteiger partial charge in [0.1, 0.15) is 11.6 Å². The molecule has 1 heterocycles. The summed E-state index contributed by atoms with van der Waals surface area (Å²) in [4.78, 5) is 0. The van der Waals surface area contributed by atoms with E-state index in [4.69, 9.17) is 0 Å². The lowest BCUT2D eigenvalue weighted by Crippen LogP contribution is -2.33. The quantitative estimate of drug-likeness (QED) is 0.705. The fourth-order valence-corrected chi connectivity index (χ4v) is 4.58. The molecule has 0 amide bonds. The number of benzene rings is 2. The zero-order valence-electron chi connectivity index (χ0n) is 13.1. The van der Waals surface area contributed by atoms with Crippen LogP contribution in [-0.4, -0.2) is 29.2 Å². The third kappa shape index (κ3) is 2.93. The van der Waals surface area contributed by atoms with E-state index in [2.05, 4.69) is 5.32 Å². The first-order chi connectivity index (χ1) is 11.4.